The van der Waals surface area contributed by atoms with Crippen LogP contribution in [-0.4, -0.2) is 11.7 Å². The first-order chi connectivity index (χ1) is 23.0. The van der Waals surface area contributed by atoms with Crippen molar-refractivity contribution in [2.75, 3.05) is 16.5 Å². The lowest BCUT2D eigenvalue weighted by atomic mass is 9.70. The second-order valence-corrected chi connectivity index (χ2v) is 12.8. The average molecular weight is 612 g/mol. The van der Waals surface area contributed by atoms with Crippen LogP contribution in [0.25, 0.3) is 11.1 Å². The molecule has 230 valence electrons. The van der Waals surface area contributed by atoms with E-state index in [0.29, 0.717) is 5.92 Å². The molecule has 47 heavy (non-hydrogen) atoms. The zero-order valence-corrected chi connectivity index (χ0v) is 27.0. The smallest absolute Gasteiger partial charge is 0.129 e. The molecule has 5 aromatic carbocycles. The van der Waals surface area contributed by atoms with Gasteiger partial charge in [-0.25, -0.2) is 0 Å². The molecule has 2 heterocycles. The molecule has 0 atom stereocenters. The fourth-order valence-corrected chi connectivity index (χ4v) is 7.31. The molecule has 1 aliphatic heterocycles. The number of hydrogen-bond acceptors (Lipinski definition) is 4. The molecular weight excluding hydrogens is 574 g/mol. The number of aryl methyl sites for hydroxylation is 1. The number of fused-ring (bicyclic) bond motifs is 3. The summed E-state index contributed by atoms with van der Waals surface area (Å²) >= 11 is 0. The van der Waals surface area contributed by atoms with Gasteiger partial charge in [-0.3, -0.25) is 4.98 Å². The minimum atomic E-state index is -0.565. The van der Waals surface area contributed by atoms with Crippen molar-refractivity contribution in [3.63, 3.8) is 0 Å². The zero-order chi connectivity index (χ0) is 32.0. The molecule has 0 saturated carbocycles. The number of ether oxygens (including phenoxy) is 1. The van der Waals surface area contributed by atoms with E-state index in [9.17, 15) is 0 Å². The fraction of sp³-hybridized carbons (Fsp3) is 0.140. The Hall–Kier alpha value is -5.61. The van der Waals surface area contributed by atoms with Crippen LogP contribution in [0.1, 0.15) is 53.3 Å². The molecule has 8 rings (SSSR count). The van der Waals surface area contributed by atoms with Crippen molar-refractivity contribution in [3.05, 3.63) is 186 Å². The molecule has 0 fully saturated rings. The van der Waals surface area contributed by atoms with Crippen molar-refractivity contribution in [2.24, 2.45) is 0 Å². The molecule has 0 unspecified atom stereocenters. The van der Waals surface area contributed by atoms with Crippen molar-refractivity contribution in [1.82, 2.24) is 4.98 Å². The molecule has 4 heteroatoms. The Morgan fingerprint density at radius 3 is 2.04 bits per heavy atom. The Kier molecular flexibility index (Phi) is 7.14. The Morgan fingerprint density at radius 2 is 1.34 bits per heavy atom. The first kappa shape index (κ1) is 28.8. The van der Waals surface area contributed by atoms with E-state index in [0.717, 1.165) is 35.1 Å². The third-order valence-corrected chi connectivity index (χ3v) is 9.58. The van der Waals surface area contributed by atoms with Crippen LogP contribution in [0.4, 0.5) is 11.4 Å². The summed E-state index contributed by atoms with van der Waals surface area (Å²) in [5.41, 5.74) is 11.5. The van der Waals surface area contributed by atoms with Crippen LogP contribution in [0.15, 0.2) is 152 Å². The van der Waals surface area contributed by atoms with Gasteiger partial charge in [-0.2, -0.15) is 0 Å². The predicted octanol–water partition coefficient (Wildman–Crippen LogP) is 10.4. The summed E-state index contributed by atoms with van der Waals surface area (Å²) < 4.78 is 6.62. The molecule has 0 N–H and O–H groups in total. The molecule has 4 nitrogen and oxygen atoms in total. The Labute approximate surface area is 277 Å². The van der Waals surface area contributed by atoms with Crippen LogP contribution < -0.4 is 14.5 Å². The molecular formula is C43H37N3O. The number of anilines is 2. The van der Waals surface area contributed by atoms with Crippen LogP contribution in [0, 0.1) is 6.92 Å². The normalized spacial score (nSPS) is 14.4. The van der Waals surface area contributed by atoms with Crippen molar-refractivity contribution in [3.8, 4) is 22.6 Å². The molecule has 1 aromatic heterocycles. The maximum Gasteiger partial charge on any atom is 0.129 e. The Balaban J connectivity index is 1.11. The lowest BCUT2D eigenvalue weighted by Gasteiger charge is -2.32. The van der Waals surface area contributed by atoms with Crippen molar-refractivity contribution in [1.29, 1.82) is 0 Å². The molecule has 0 bridgehead atoms. The van der Waals surface area contributed by atoms with Crippen LogP contribution in [0.5, 0.6) is 11.5 Å². The quantitative estimate of drug-likeness (QED) is 0.179. The van der Waals surface area contributed by atoms with Gasteiger partial charge in [0.15, 0.2) is 0 Å². The number of benzene rings is 5. The largest absolute Gasteiger partial charge is 0.457 e. The maximum absolute atomic E-state index is 6.62. The number of nitrogens with zero attached hydrogens (tertiary/aromatic N) is 3. The topological polar surface area (TPSA) is 28.6 Å². The van der Waals surface area contributed by atoms with Gasteiger partial charge in [-0.1, -0.05) is 98.8 Å². The van der Waals surface area contributed by atoms with Gasteiger partial charge in [0.1, 0.15) is 11.5 Å². The first-order valence-electron chi connectivity index (χ1n) is 16.3. The number of aromatic nitrogens is 1. The highest BCUT2D eigenvalue weighted by atomic mass is 16.5. The lowest BCUT2D eigenvalue weighted by Crippen LogP contribution is -2.29. The summed E-state index contributed by atoms with van der Waals surface area (Å²) in [4.78, 5) is 9.51. The minimum absolute atomic E-state index is 0.516. The van der Waals surface area contributed by atoms with Gasteiger partial charge in [0, 0.05) is 36.0 Å². The predicted molar refractivity (Wildman–Crippen MR) is 192 cm³/mol. The maximum atomic E-state index is 6.62. The van der Waals surface area contributed by atoms with Crippen LogP contribution >= 0.6 is 0 Å². The Morgan fingerprint density at radius 1 is 0.660 bits per heavy atom. The summed E-state index contributed by atoms with van der Waals surface area (Å²) in [7, 11) is 0. The number of rotatable bonds is 7. The summed E-state index contributed by atoms with van der Waals surface area (Å²) in [6, 6.07) is 47.3. The fourth-order valence-electron chi connectivity index (χ4n) is 7.31. The van der Waals surface area contributed by atoms with Crippen molar-refractivity contribution in [2.45, 2.75) is 32.1 Å². The highest BCUT2D eigenvalue weighted by molar-refractivity contribution is 5.85. The Bertz CT molecular complexity index is 2070. The van der Waals surface area contributed by atoms with Crippen LogP contribution in [0.2, 0.25) is 0 Å². The SMILES string of the molecule is Cc1cc(C(C)C)ccc1N1C=CN(c2cccc(Oc3cccc(C4(c5ccccn5)c5ccccc5-c5ccccc54)c3)c2)C1. The molecule has 0 amide bonds. The monoisotopic (exact) mass is 611 g/mol. The third kappa shape index (κ3) is 4.88. The van der Waals surface area contributed by atoms with Gasteiger partial charge < -0.3 is 14.5 Å². The third-order valence-electron chi connectivity index (χ3n) is 9.58. The highest BCUT2D eigenvalue weighted by Crippen LogP contribution is 2.55. The van der Waals surface area contributed by atoms with Gasteiger partial charge in [0.05, 0.1) is 17.8 Å². The van der Waals surface area contributed by atoms with E-state index in [1.165, 1.54) is 39.1 Å². The standard InChI is InChI=1S/C43H37N3O/c1-30(2)32-21-22-41(31(3)26-32)46-25-24-45(29-46)34-13-11-15-36(28-34)47-35-14-10-12-33(27-35)43(42-20-8-9-23-44-42)39-18-6-4-16-37(39)38-17-5-7-19-40(38)43/h4-28,30H,29H2,1-3H3. The zero-order valence-electron chi connectivity index (χ0n) is 27.0. The van der Waals surface area contributed by atoms with E-state index in [1.54, 1.807) is 0 Å². The highest BCUT2D eigenvalue weighted by Gasteiger charge is 2.47. The van der Waals surface area contributed by atoms with Crippen molar-refractivity contribution < 1.29 is 4.74 Å². The first-order valence-corrected chi connectivity index (χ1v) is 16.3. The minimum Gasteiger partial charge on any atom is -0.457 e. The molecule has 0 spiro atoms. The van der Waals surface area contributed by atoms with Crippen LogP contribution in [0.3, 0.4) is 0 Å². The lowest BCUT2D eigenvalue weighted by molar-refractivity contribution is 0.481. The second-order valence-electron chi connectivity index (χ2n) is 12.8. The van der Waals surface area contributed by atoms with Gasteiger partial charge in [-0.15, -0.1) is 0 Å². The second kappa shape index (κ2) is 11.6. The van der Waals surface area contributed by atoms with Crippen LogP contribution in [-0.2, 0) is 5.41 Å². The van der Waals surface area contributed by atoms with E-state index < -0.39 is 5.41 Å². The van der Waals surface area contributed by atoms with Gasteiger partial charge in [0.25, 0.3) is 0 Å². The number of pyridine rings is 1. The molecule has 0 saturated heterocycles. The van der Waals surface area contributed by atoms with E-state index in [4.69, 9.17) is 9.72 Å². The summed E-state index contributed by atoms with van der Waals surface area (Å²) in [5.74, 6) is 2.10. The van der Waals surface area contributed by atoms with Gasteiger partial charge in [-0.05, 0) is 94.3 Å². The van der Waals surface area contributed by atoms with E-state index >= 15 is 0 Å². The molecule has 1 aliphatic carbocycles. The van der Waals surface area contributed by atoms with Gasteiger partial charge >= 0.3 is 0 Å². The average Bonchev–Trinajstić information content (AvgIpc) is 3.71. The summed E-state index contributed by atoms with van der Waals surface area (Å²) in [6.07, 6.45) is 6.19. The van der Waals surface area contributed by atoms with E-state index in [1.807, 2.05) is 24.4 Å². The molecule has 0 radical (unpaired) electrons. The molecule has 6 aromatic rings. The van der Waals surface area contributed by atoms with E-state index in [-0.39, 0.29) is 0 Å². The summed E-state index contributed by atoms with van der Waals surface area (Å²) in [5, 5.41) is 0. The van der Waals surface area contributed by atoms with Crippen molar-refractivity contribution >= 4 is 11.4 Å². The molecule has 2 aliphatic rings. The number of hydrogen-bond donors (Lipinski definition) is 0. The van der Waals surface area contributed by atoms with E-state index in [2.05, 4.69) is 158 Å². The van der Waals surface area contributed by atoms with Gasteiger partial charge in [0.2, 0.25) is 0 Å². The summed E-state index contributed by atoms with van der Waals surface area (Å²) in [6.45, 7) is 7.42.